The van der Waals surface area contributed by atoms with Gasteiger partial charge in [-0.3, -0.25) is 9.88 Å². The van der Waals surface area contributed by atoms with E-state index in [9.17, 15) is 13.2 Å². The van der Waals surface area contributed by atoms with Gasteiger partial charge in [0.15, 0.2) is 0 Å². The first-order chi connectivity index (χ1) is 13.9. The topological polar surface area (TPSA) is 43.2 Å². The number of ether oxygens (including phenoxy) is 1. The fourth-order valence-electron chi connectivity index (χ4n) is 3.89. The van der Waals surface area contributed by atoms with Crippen LogP contribution in [0.25, 0.3) is 16.7 Å². The maximum Gasteiger partial charge on any atom is 0.433 e. The van der Waals surface area contributed by atoms with Crippen LogP contribution in [0.1, 0.15) is 24.1 Å². The molecule has 0 unspecified atom stereocenters. The molecule has 154 valence electrons. The third kappa shape index (κ3) is 4.43. The van der Waals surface area contributed by atoms with E-state index < -0.39 is 11.9 Å². The van der Waals surface area contributed by atoms with E-state index in [0.717, 1.165) is 56.1 Å². The second kappa shape index (κ2) is 8.12. The minimum atomic E-state index is -4.48. The number of aromatic nitrogens is 3. The Hall–Kier alpha value is -2.45. The minimum Gasteiger partial charge on any atom is -0.384 e. The molecule has 0 amide bonds. The summed E-state index contributed by atoms with van der Waals surface area (Å²) in [6.45, 7) is 3.70. The molecule has 1 aliphatic heterocycles. The quantitative estimate of drug-likeness (QED) is 0.636. The molecule has 0 aliphatic carbocycles. The number of fused-ring (bicyclic) bond motifs is 1. The van der Waals surface area contributed by atoms with Crippen molar-refractivity contribution in [3.63, 3.8) is 0 Å². The molecule has 29 heavy (non-hydrogen) atoms. The SMILES string of the molecule is COCC1CCN(Cc2cnc3c(ccn3-c3ccnc(C(F)(F)F)c3)c2)CC1. The van der Waals surface area contributed by atoms with E-state index in [2.05, 4.69) is 20.9 Å². The summed E-state index contributed by atoms with van der Waals surface area (Å²) in [6.07, 6.45) is 2.51. The van der Waals surface area contributed by atoms with Crippen molar-refractivity contribution in [3.05, 3.63) is 54.1 Å². The summed E-state index contributed by atoms with van der Waals surface area (Å²) in [5.74, 6) is 0.632. The highest BCUT2D eigenvalue weighted by atomic mass is 19.4. The van der Waals surface area contributed by atoms with Crippen LogP contribution in [0.15, 0.2) is 42.9 Å². The zero-order valence-electron chi connectivity index (χ0n) is 16.2. The first kappa shape index (κ1) is 19.8. The van der Waals surface area contributed by atoms with Crippen molar-refractivity contribution in [2.45, 2.75) is 25.6 Å². The number of hydrogen-bond donors (Lipinski definition) is 0. The fourth-order valence-corrected chi connectivity index (χ4v) is 3.89. The molecular formula is C21H23F3N4O. The zero-order valence-corrected chi connectivity index (χ0v) is 16.2. The van der Waals surface area contributed by atoms with E-state index in [0.29, 0.717) is 17.3 Å². The number of halogens is 3. The lowest BCUT2D eigenvalue weighted by Crippen LogP contribution is -2.34. The number of nitrogens with zero attached hydrogens (tertiary/aromatic N) is 4. The summed E-state index contributed by atoms with van der Waals surface area (Å²) in [5.41, 5.74) is 1.21. The summed E-state index contributed by atoms with van der Waals surface area (Å²) >= 11 is 0. The maximum atomic E-state index is 13.0. The van der Waals surface area contributed by atoms with Gasteiger partial charge in [0.05, 0.1) is 5.69 Å². The van der Waals surface area contributed by atoms with Gasteiger partial charge in [-0.05, 0) is 61.7 Å². The Bertz CT molecular complexity index is 977. The van der Waals surface area contributed by atoms with E-state index in [1.807, 2.05) is 12.3 Å². The number of piperidine rings is 1. The molecule has 0 saturated carbocycles. The van der Waals surface area contributed by atoms with Crippen LogP contribution >= 0.6 is 0 Å². The normalized spacial score (nSPS) is 16.6. The van der Waals surface area contributed by atoms with Gasteiger partial charge in [-0.15, -0.1) is 0 Å². The first-order valence-electron chi connectivity index (χ1n) is 9.65. The molecule has 4 heterocycles. The standard InChI is InChI=1S/C21H23F3N4O/c1-29-14-15-3-7-27(8-4-15)13-16-10-17-5-9-28(20(17)26-12-16)18-2-6-25-19(11-18)21(22,23)24/h2,5-6,9-12,15H,3-4,7-8,13-14H2,1H3. The molecule has 1 saturated heterocycles. The molecule has 0 atom stereocenters. The molecule has 0 bridgehead atoms. The third-order valence-corrected chi connectivity index (χ3v) is 5.41. The molecule has 0 N–H and O–H groups in total. The fraction of sp³-hybridized carbons (Fsp3) is 0.429. The second-order valence-corrected chi connectivity index (χ2v) is 7.51. The predicted octanol–water partition coefficient (Wildman–Crippen LogP) is 4.30. The van der Waals surface area contributed by atoms with Crippen molar-refractivity contribution < 1.29 is 17.9 Å². The lowest BCUT2D eigenvalue weighted by Gasteiger charge is -2.31. The van der Waals surface area contributed by atoms with Crippen molar-refractivity contribution in [2.24, 2.45) is 5.92 Å². The van der Waals surface area contributed by atoms with Gasteiger partial charge in [-0.1, -0.05) is 0 Å². The van der Waals surface area contributed by atoms with Gasteiger partial charge in [-0.25, -0.2) is 4.98 Å². The van der Waals surface area contributed by atoms with Gasteiger partial charge in [0.2, 0.25) is 0 Å². The van der Waals surface area contributed by atoms with Crippen molar-refractivity contribution in [1.29, 1.82) is 0 Å². The monoisotopic (exact) mass is 404 g/mol. The van der Waals surface area contributed by atoms with Crippen LogP contribution in [0.4, 0.5) is 13.2 Å². The van der Waals surface area contributed by atoms with Crippen molar-refractivity contribution >= 4 is 11.0 Å². The average Bonchev–Trinajstić information content (AvgIpc) is 3.12. The average molecular weight is 404 g/mol. The molecule has 5 nitrogen and oxygen atoms in total. The smallest absolute Gasteiger partial charge is 0.384 e. The Balaban J connectivity index is 1.51. The molecule has 0 aromatic carbocycles. The molecular weight excluding hydrogens is 381 g/mol. The van der Waals surface area contributed by atoms with E-state index in [-0.39, 0.29) is 0 Å². The molecule has 4 rings (SSSR count). The van der Waals surface area contributed by atoms with E-state index in [4.69, 9.17) is 4.74 Å². The van der Waals surface area contributed by atoms with Crippen LogP contribution in [0.2, 0.25) is 0 Å². The lowest BCUT2D eigenvalue weighted by molar-refractivity contribution is -0.141. The minimum absolute atomic E-state index is 0.391. The van der Waals surface area contributed by atoms with E-state index in [1.54, 1.807) is 23.9 Å². The number of methoxy groups -OCH3 is 1. The van der Waals surface area contributed by atoms with Crippen molar-refractivity contribution in [1.82, 2.24) is 19.4 Å². The summed E-state index contributed by atoms with van der Waals surface area (Å²) in [4.78, 5) is 10.4. The lowest BCUT2D eigenvalue weighted by atomic mass is 9.97. The molecule has 0 radical (unpaired) electrons. The molecule has 0 spiro atoms. The van der Waals surface area contributed by atoms with Gasteiger partial charge < -0.3 is 9.30 Å². The highest BCUT2D eigenvalue weighted by Crippen LogP contribution is 2.29. The largest absolute Gasteiger partial charge is 0.433 e. The number of likely N-dealkylation sites (tertiary alicyclic amines) is 1. The van der Waals surface area contributed by atoms with Crippen LogP contribution in [0.3, 0.4) is 0 Å². The van der Waals surface area contributed by atoms with E-state index >= 15 is 0 Å². The van der Waals surface area contributed by atoms with Gasteiger partial charge >= 0.3 is 6.18 Å². The van der Waals surface area contributed by atoms with Gasteiger partial charge in [0.1, 0.15) is 11.3 Å². The van der Waals surface area contributed by atoms with Gasteiger partial charge in [0, 0.05) is 44.2 Å². The van der Waals surface area contributed by atoms with Crippen LogP contribution in [-0.4, -0.2) is 46.2 Å². The molecule has 1 aliphatic rings. The third-order valence-electron chi connectivity index (χ3n) is 5.41. The highest BCUT2D eigenvalue weighted by molar-refractivity contribution is 5.78. The first-order valence-corrected chi connectivity index (χ1v) is 9.65. The Morgan fingerprint density at radius 3 is 2.66 bits per heavy atom. The van der Waals surface area contributed by atoms with Crippen LogP contribution in [0, 0.1) is 5.92 Å². The molecule has 1 fully saturated rings. The Labute approximate surface area is 167 Å². The van der Waals surface area contributed by atoms with Crippen molar-refractivity contribution in [2.75, 3.05) is 26.8 Å². The Kier molecular flexibility index (Phi) is 5.56. The summed E-state index contributed by atoms with van der Waals surface area (Å²) < 4.78 is 45.8. The summed E-state index contributed by atoms with van der Waals surface area (Å²) in [5, 5.41) is 0.905. The number of alkyl halides is 3. The molecule has 3 aromatic heterocycles. The van der Waals surface area contributed by atoms with Crippen LogP contribution in [-0.2, 0) is 17.5 Å². The Morgan fingerprint density at radius 1 is 1.14 bits per heavy atom. The highest BCUT2D eigenvalue weighted by Gasteiger charge is 2.32. The maximum absolute atomic E-state index is 13.0. The summed E-state index contributed by atoms with van der Waals surface area (Å²) in [7, 11) is 1.75. The zero-order chi connectivity index (χ0) is 20.4. The molecule has 8 heteroatoms. The van der Waals surface area contributed by atoms with E-state index in [1.165, 1.54) is 6.20 Å². The van der Waals surface area contributed by atoms with Crippen LogP contribution in [0.5, 0.6) is 0 Å². The van der Waals surface area contributed by atoms with Gasteiger partial charge in [-0.2, -0.15) is 13.2 Å². The molecule has 3 aromatic rings. The van der Waals surface area contributed by atoms with Gasteiger partial charge in [0.25, 0.3) is 0 Å². The Morgan fingerprint density at radius 2 is 1.93 bits per heavy atom. The predicted molar refractivity (Wildman–Crippen MR) is 104 cm³/mol. The van der Waals surface area contributed by atoms with Crippen molar-refractivity contribution in [3.8, 4) is 5.69 Å². The number of rotatable bonds is 5. The summed E-state index contributed by atoms with van der Waals surface area (Å²) in [6, 6.07) is 6.53. The van der Waals surface area contributed by atoms with Crippen LogP contribution < -0.4 is 0 Å². The number of hydrogen-bond acceptors (Lipinski definition) is 4. The second-order valence-electron chi connectivity index (χ2n) is 7.51. The number of pyridine rings is 2.